The zero-order chi connectivity index (χ0) is 16.5. The van der Waals surface area contributed by atoms with Crippen molar-refractivity contribution in [2.24, 2.45) is 0 Å². The van der Waals surface area contributed by atoms with Crippen LogP contribution in [0.2, 0.25) is 0 Å². The highest BCUT2D eigenvalue weighted by Gasteiger charge is 2.16. The van der Waals surface area contributed by atoms with E-state index in [0.29, 0.717) is 24.5 Å². The van der Waals surface area contributed by atoms with Crippen molar-refractivity contribution in [3.05, 3.63) is 27.7 Å². The van der Waals surface area contributed by atoms with E-state index in [1.54, 1.807) is 0 Å². The molecule has 0 aliphatic carbocycles. The number of aliphatic hydroxyl groups excluding tert-OH is 2. The number of nitrogens with zero attached hydrogens (tertiary/aromatic N) is 2. The van der Waals surface area contributed by atoms with Crippen LogP contribution < -0.4 is 5.43 Å². The van der Waals surface area contributed by atoms with Crippen molar-refractivity contribution in [1.29, 1.82) is 0 Å². The van der Waals surface area contributed by atoms with Crippen molar-refractivity contribution >= 4 is 0 Å². The average molecular weight is 312 g/mol. The maximum Gasteiger partial charge on any atom is 0.223 e. The molecule has 0 amide bonds. The molecule has 6 heteroatoms. The van der Waals surface area contributed by atoms with Gasteiger partial charge in [0.15, 0.2) is 5.75 Å². The number of rotatable bonds is 10. The predicted octanol–water partition coefficient (Wildman–Crippen LogP) is 1.05. The van der Waals surface area contributed by atoms with Gasteiger partial charge in [-0.05, 0) is 32.4 Å². The largest absolute Gasteiger partial charge is 0.503 e. The summed E-state index contributed by atoms with van der Waals surface area (Å²) < 4.78 is 1.84. The Morgan fingerprint density at radius 3 is 2.36 bits per heavy atom. The summed E-state index contributed by atoms with van der Waals surface area (Å²) in [6.07, 6.45) is 2.41. The molecule has 0 spiro atoms. The standard InChI is InChI=1S/C16H28N2O4/c1-3-17(4-2)11-14-16(22)15(21)10-13(12-20)18(14)8-6-5-7-9-19/h10,19-20,22H,3-9,11-12H2,1-2H3. The highest BCUT2D eigenvalue weighted by atomic mass is 16.3. The first-order valence-electron chi connectivity index (χ1n) is 7.97. The predicted molar refractivity (Wildman–Crippen MR) is 85.9 cm³/mol. The summed E-state index contributed by atoms with van der Waals surface area (Å²) in [5.74, 6) is -0.230. The van der Waals surface area contributed by atoms with Crippen LogP contribution in [0.5, 0.6) is 5.75 Å². The number of unbranched alkanes of at least 4 members (excludes halogenated alkanes) is 2. The average Bonchev–Trinajstić information content (AvgIpc) is 2.53. The molecule has 0 aromatic carbocycles. The van der Waals surface area contributed by atoms with Crippen molar-refractivity contribution in [3.8, 4) is 5.75 Å². The summed E-state index contributed by atoms with van der Waals surface area (Å²) in [6, 6.07) is 1.30. The molecule has 1 rings (SSSR count). The maximum atomic E-state index is 11.9. The smallest absolute Gasteiger partial charge is 0.223 e. The lowest BCUT2D eigenvalue weighted by Crippen LogP contribution is -2.27. The Morgan fingerprint density at radius 2 is 1.82 bits per heavy atom. The Balaban J connectivity index is 3.12. The van der Waals surface area contributed by atoms with Crippen molar-refractivity contribution in [1.82, 2.24) is 9.47 Å². The normalized spacial score (nSPS) is 11.3. The Labute approximate surface area is 131 Å². The van der Waals surface area contributed by atoms with Crippen LogP contribution in [0, 0.1) is 0 Å². The molecule has 3 N–H and O–H groups in total. The topological polar surface area (TPSA) is 85.9 Å². The Morgan fingerprint density at radius 1 is 1.14 bits per heavy atom. The van der Waals surface area contributed by atoms with Crippen molar-refractivity contribution in [2.45, 2.75) is 52.8 Å². The second-order valence-electron chi connectivity index (χ2n) is 5.35. The van der Waals surface area contributed by atoms with Gasteiger partial charge in [0.2, 0.25) is 5.43 Å². The van der Waals surface area contributed by atoms with E-state index in [2.05, 4.69) is 4.90 Å². The second kappa shape index (κ2) is 9.61. The summed E-state index contributed by atoms with van der Waals surface area (Å²) in [5.41, 5.74) is 0.635. The molecule has 0 saturated carbocycles. The molecule has 1 aromatic rings. The first-order chi connectivity index (χ1) is 10.6. The zero-order valence-corrected chi connectivity index (χ0v) is 13.6. The van der Waals surface area contributed by atoms with Gasteiger partial charge in [0.1, 0.15) is 0 Å². The third kappa shape index (κ3) is 4.83. The number of aliphatic hydroxyl groups is 2. The van der Waals surface area contributed by atoms with Gasteiger partial charge >= 0.3 is 0 Å². The molecule has 0 saturated heterocycles. The second-order valence-corrected chi connectivity index (χ2v) is 5.35. The third-order valence-corrected chi connectivity index (χ3v) is 3.95. The highest BCUT2D eigenvalue weighted by molar-refractivity contribution is 5.30. The first kappa shape index (κ1) is 18.7. The van der Waals surface area contributed by atoms with E-state index in [1.807, 2.05) is 18.4 Å². The molecule has 0 bridgehead atoms. The van der Waals surface area contributed by atoms with Gasteiger partial charge in [0.25, 0.3) is 0 Å². The van der Waals surface area contributed by atoms with Crippen LogP contribution in [0.15, 0.2) is 10.9 Å². The SMILES string of the molecule is CCN(CC)Cc1c(O)c(=O)cc(CO)n1CCCCCO. The summed E-state index contributed by atoms with van der Waals surface area (Å²) in [7, 11) is 0. The Hall–Kier alpha value is -1.37. The van der Waals surface area contributed by atoms with Crippen LogP contribution in [-0.2, 0) is 19.7 Å². The highest BCUT2D eigenvalue weighted by Crippen LogP contribution is 2.18. The van der Waals surface area contributed by atoms with Gasteiger partial charge in [-0.3, -0.25) is 9.69 Å². The van der Waals surface area contributed by atoms with Crippen LogP contribution in [-0.4, -0.2) is 44.5 Å². The number of pyridine rings is 1. The third-order valence-electron chi connectivity index (χ3n) is 3.95. The number of aromatic hydroxyl groups is 1. The summed E-state index contributed by atoms with van der Waals surface area (Å²) in [6.45, 7) is 6.70. The Kier molecular flexibility index (Phi) is 8.16. The minimum atomic E-state index is -0.446. The van der Waals surface area contributed by atoms with Crippen LogP contribution in [0.4, 0.5) is 0 Å². The molecule has 0 aliphatic rings. The van der Waals surface area contributed by atoms with Crippen LogP contribution in [0.25, 0.3) is 0 Å². The lowest BCUT2D eigenvalue weighted by atomic mass is 10.2. The molecule has 1 heterocycles. The molecule has 0 unspecified atom stereocenters. The van der Waals surface area contributed by atoms with E-state index >= 15 is 0 Å². The lowest BCUT2D eigenvalue weighted by molar-refractivity contribution is 0.253. The maximum absolute atomic E-state index is 11.9. The summed E-state index contributed by atoms with van der Waals surface area (Å²) in [5, 5.41) is 28.5. The molecule has 0 fully saturated rings. The number of aromatic nitrogens is 1. The van der Waals surface area contributed by atoms with E-state index in [4.69, 9.17) is 5.11 Å². The monoisotopic (exact) mass is 312 g/mol. The van der Waals surface area contributed by atoms with Gasteiger partial charge in [-0.25, -0.2) is 0 Å². The van der Waals surface area contributed by atoms with Gasteiger partial charge in [-0.15, -0.1) is 0 Å². The molecule has 1 aromatic heterocycles. The minimum Gasteiger partial charge on any atom is -0.503 e. The molecule has 6 nitrogen and oxygen atoms in total. The summed E-state index contributed by atoms with van der Waals surface area (Å²) in [4.78, 5) is 14.0. The molecule has 0 atom stereocenters. The Bertz CT molecular complexity index is 510. The van der Waals surface area contributed by atoms with Gasteiger partial charge in [-0.1, -0.05) is 13.8 Å². The van der Waals surface area contributed by atoms with Gasteiger partial charge in [0.05, 0.1) is 12.3 Å². The molecular weight excluding hydrogens is 284 g/mol. The van der Waals surface area contributed by atoms with E-state index in [-0.39, 0.29) is 19.0 Å². The molecule has 0 radical (unpaired) electrons. The summed E-state index contributed by atoms with van der Waals surface area (Å²) >= 11 is 0. The molecular formula is C16H28N2O4. The van der Waals surface area contributed by atoms with Crippen LogP contribution in [0.3, 0.4) is 0 Å². The quantitative estimate of drug-likeness (QED) is 0.562. The van der Waals surface area contributed by atoms with Crippen molar-refractivity contribution < 1.29 is 15.3 Å². The van der Waals surface area contributed by atoms with Crippen molar-refractivity contribution in [2.75, 3.05) is 19.7 Å². The van der Waals surface area contributed by atoms with Crippen molar-refractivity contribution in [3.63, 3.8) is 0 Å². The van der Waals surface area contributed by atoms with Crippen LogP contribution >= 0.6 is 0 Å². The fourth-order valence-electron chi connectivity index (χ4n) is 2.53. The van der Waals surface area contributed by atoms with Gasteiger partial charge in [0, 0.05) is 31.5 Å². The van der Waals surface area contributed by atoms with Gasteiger partial charge < -0.3 is 19.9 Å². The number of hydrogen-bond donors (Lipinski definition) is 3. The minimum absolute atomic E-state index is 0.161. The van der Waals surface area contributed by atoms with E-state index in [9.17, 15) is 15.0 Å². The van der Waals surface area contributed by atoms with E-state index < -0.39 is 5.43 Å². The van der Waals surface area contributed by atoms with E-state index in [1.165, 1.54) is 6.07 Å². The first-order valence-corrected chi connectivity index (χ1v) is 7.97. The molecule has 126 valence electrons. The van der Waals surface area contributed by atoms with Gasteiger partial charge in [-0.2, -0.15) is 0 Å². The zero-order valence-electron chi connectivity index (χ0n) is 13.6. The fraction of sp³-hybridized carbons (Fsp3) is 0.688. The van der Waals surface area contributed by atoms with E-state index in [0.717, 1.165) is 32.4 Å². The number of hydrogen-bond acceptors (Lipinski definition) is 5. The molecule has 0 aliphatic heterocycles. The lowest BCUT2D eigenvalue weighted by Gasteiger charge is -2.24. The fourth-order valence-corrected chi connectivity index (χ4v) is 2.53. The molecule has 22 heavy (non-hydrogen) atoms. The van der Waals surface area contributed by atoms with Crippen LogP contribution in [0.1, 0.15) is 44.5 Å².